The predicted octanol–water partition coefficient (Wildman–Crippen LogP) is 2.98. The smallest absolute Gasteiger partial charge is 0.272 e. The van der Waals surface area contributed by atoms with Crippen molar-refractivity contribution < 1.29 is 9.59 Å². The van der Waals surface area contributed by atoms with Gasteiger partial charge in [-0.15, -0.1) is 0 Å². The monoisotopic (exact) mass is 406 g/mol. The molecule has 0 atom stereocenters. The summed E-state index contributed by atoms with van der Waals surface area (Å²) in [4.78, 5) is 25.1. The second-order valence-corrected chi connectivity index (χ2v) is 7.57. The highest BCUT2D eigenvalue weighted by atomic mass is 16.2. The van der Waals surface area contributed by atoms with Gasteiger partial charge >= 0.3 is 0 Å². The van der Waals surface area contributed by atoms with Crippen LogP contribution in [-0.2, 0) is 17.9 Å². The van der Waals surface area contributed by atoms with Gasteiger partial charge < -0.3 is 10.6 Å². The zero-order valence-corrected chi connectivity index (χ0v) is 17.5. The van der Waals surface area contributed by atoms with Gasteiger partial charge in [0.25, 0.3) is 5.91 Å². The first kappa shape index (κ1) is 19.9. The first-order valence-electron chi connectivity index (χ1n) is 10.2. The number of nitrogens with zero attached hydrogens (tertiary/aromatic N) is 4. The molecule has 2 N–H and O–H groups in total. The molecular formula is C22H26N6O2. The molecule has 3 aromatic rings. The molecule has 1 saturated carbocycles. The number of hydrogen-bond acceptors (Lipinski definition) is 4. The number of rotatable bonds is 7. The average molecular weight is 406 g/mol. The van der Waals surface area contributed by atoms with Crippen molar-refractivity contribution in [1.29, 1.82) is 0 Å². The zero-order valence-electron chi connectivity index (χ0n) is 17.5. The van der Waals surface area contributed by atoms with Crippen LogP contribution >= 0.6 is 0 Å². The maximum Gasteiger partial charge on any atom is 0.272 e. The highest BCUT2D eigenvalue weighted by molar-refractivity contribution is 5.97. The first-order chi connectivity index (χ1) is 14.5. The van der Waals surface area contributed by atoms with Crippen LogP contribution in [0, 0.1) is 19.8 Å². The van der Waals surface area contributed by atoms with Crippen molar-refractivity contribution >= 4 is 17.6 Å². The van der Waals surface area contributed by atoms with Gasteiger partial charge in [0.1, 0.15) is 5.82 Å². The number of amides is 2. The molecule has 1 fully saturated rings. The third-order valence-corrected chi connectivity index (χ3v) is 5.40. The van der Waals surface area contributed by atoms with Gasteiger partial charge in [-0.05, 0) is 45.7 Å². The van der Waals surface area contributed by atoms with Crippen molar-refractivity contribution in [3.8, 4) is 5.69 Å². The van der Waals surface area contributed by atoms with Gasteiger partial charge in [-0.2, -0.15) is 10.2 Å². The molecule has 1 aliphatic rings. The van der Waals surface area contributed by atoms with Gasteiger partial charge in [0.05, 0.1) is 11.4 Å². The van der Waals surface area contributed by atoms with E-state index < -0.39 is 0 Å². The van der Waals surface area contributed by atoms with Gasteiger partial charge in [0, 0.05) is 36.3 Å². The van der Waals surface area contributed by atoms with Crippen LogP contribution in [0.4, 0.5) is 5.82 Å². The van der Waals surface area contributed by atoms with Gasteiger partial charge in [-0.1, -0.05) is 18.2 Å². The van der Waals surface area contributed by atoms with Crippen LogP contribution in [0.15, 0.2) is 36.4 Å². The number of aryl methyl sites for hydroxylation is 2. The van der Waals surface area contributed by atoms with Crippen molar-refractivity contribution in [2.75, 3.05) is 5.32 Å². The Kier molecular flexibility index (Phi) is 5.39. The van der Waals surface area contributed by atoms with E-state index in [0.29, 0.717) is 12.4 Å². The Morgan fingerprint density at radius 1 is 1.13 bits per heavy atom. The molecule has 0 saturated heterocycles. The lowest BCUT2D eigenvalue weighted by Gasteiger charge is -2.08. The lowest BCUT2D eigenvalue weighted by atomic mass is 10.2. The second kappa shape index (κ2) is 8.14. The molecule has 8 heteroatoms. The number of anilines is 1. The fraction of sp³-hybridized carbons (Fsp3) is 0.364. The van der Waals surface area contributed by atoms with Crippen LogP contribution in [-0.4, -0.2) is 31.4 Å². The summed E-state index contributed by atoms with van der Waals surface area (Å²) in [5.74, 6) is 0.226. The second-order valence-electron chi connectivity index (χ2n) is 7.57. The van der Waals surface area contributed by atoms with Gasteiger partial charge in [0.2, 0.25) is 5.91 Å². The average Bonchev–Trinajstić information content (AvgIpc) is 3.47. The van der Waals surface area contributed by atoms with E-state index >= 15 is 0 Å². The fourth-order valence-corrected chi connectivity index (χ4v) is 3.48. The van der Waals surface area contributed by atoms with Crippen LogP contribution < -0.4 is 10.6 Å². The molecule has 4 rings (SSSR count). The van der Waals surface area contributed by atoms with Gasteiger partial charge in [0.15, 0.2) is 5.69 Å². The Bertz CT molecular complexity index is 1080. The number of para-hydroxylation sites is 1. The third-order valence-electron chi connectivity index (χ3n) is 5.40. The topological polar surface area (TPSA) is 93.8 Å². The van der Waals surface area contributed by atoms with Gasteiger partial charge in [-0.25, -0.2) is 4.68 Å². The number of nitrogens with one attached hydrogen (secondary N) is 2. The molecule has 30 heavy (non-hydrogen) atoms. The van der Waals surface area contributed by atoms with E-state index in [0.717, 1.165) is 42.0 Å². The van der Waals surface area contributed by atoms with Crippen LogP contribution in [0.3, 0.4) is 0 Å². The van der Waals surface area contributed by atoms with E-state index in [9.17, 15) is 9.59 Å². The Balaban J connectivity index is 1.56. The van der Waals surface area contributed by atoms with Crippen molar-refractivity contribution in [3.63, 3.8) is 0 Å². The van der Waals surface area contributed by atoms with E-state index in [1.54, 1.807) is 10.7 Å². The summed E-state index contributed by atoms with van der Waals surface area (Å²) < 4.78 is 3.52. The minimum atomic E-state index is -0.297. The summed E-state index contributed by atoms with van der Waals surface area (Å²) >= 11 is 0. The lowest BCUT2D eigenvalue weighted by Crippen LogP contribution is -2.24. The van der Waals surface area contributed by atoms with Crippen LogP contribution in [0.2, 0.25) is 0 Å². The molecule has 156 valence electrons. The number of carbonyl (C=O) groups excluding carboxylic acids is 2. The summed E-state index contributed by atoms with van der Waals surface area (Å²) in [6.07, 6.45) is 1.81. The quantitative estimate of drug-likeness (QED) is 0.631. The summed E-state index contributed by atoms with van der Waals surface area (Å²) in [5.41, 5.74) is 3.99. The Morgan fingerprint density at radius 2 is 1.87 bits per heavy atom. The summed E-state index contributed by atoms with van der Waals surface area (Å²) in [5, 5.41) is 14.8. The lowest BCUT2D eigenvalue weighted by molar-refractivity contribution is -0.117. The maximum atomic E-state index is 12.8. The number of carbonyl (C=O) groups is 2. The van der Waals surface area contributed by atoms with E-state index in [4.69, 9.17) is 0 Å². The molecule has 0 bridgehead atoms. The molecule has 0 unspecified atom stereocenters. The van der Waals surface area contributed by atoms with Crippen molar-refractivity contribution in [3.05, 3.63) is 59.0 Å². The Labute approximate surface area is 175 Å². The molecule has 0 radical (unpaired) electrons. The largest absolute Gasteiger partial charge is 0.346 e. The van der Waals surface area contributed by atoms with E-state index in [1.807, 2.05) is 55.8 Å². The highest BCUT2D eigenvalue weighted by Gasteiger charge is 2.30. The van der Waals surface area contributed by atoms with Gasteiger partial charge in [-0.3, -0.25) is 14.3 Å². The minimum Gasteiger partial charge on any atom is -0.346 e. The van der Waals surface area contributed by atoms with Crippen molar-refractivity contribution in [2.45, 2.75) is 46.7 Å². The summed E-state index contributed by atoms with van der Waals surface area (Å²) in [6, 6.07) is 11.1. The molecule has 2 amide bonds. The van der Waals surface area contributed by atoms with Crippen LogP contribution in [0.5, 0.6) is 0 Å². The summed E-state index contributed by atoms with van der Waals surface area (Å²) in [6.45, 7) is 7.14. The molecule has 0 spiro atoms. The number of hydrogen-bond donors (Lipinski definition) is 2. The minimum absolute atomic E-state index is 0.0303. The summed E-state index contributed by atoms with van der Waals surface area (Å²) in [7, 11) is 0. The van der Waals surface area contributed by atoms with E-state index in [-0.39, 0.29) is 23.4 Å². The molecule has 1 aliphatic carbocycles. The van der Waals surface area contributed by atoms with Crippen molar-refractivity contribution in [1.82, 2.24) is 24.9 Å². The fourth-order valence-electron chi connectivity index (χ4n) is 3.48. The molecule has 2 heterocycles. The highest BCUT2D eigenvalue weighted by Crippen LogP contribution is 2.30. The number of aromatic nitrogens is 4. The van der Waals surface area contributed by atoms with Crippen LogP contribution in [0.25, 0.3) is 5.69 Å². The molecule has 8 nitrogen and oxygen atoms in total. The normalized spacial score (nSPS) is 13.3. The first-order valence-corrected chi connectivity index (χ1v) is 10.2. The third kappa shape index (κ3) is 3.98. The SMILES string of the molecule is CCn1nc(C)c(CNC(=O)c2cc(NC(=O)C3CC3)n(-c3ccccc3)n2)c1C. The molecular weight excluding hydrogens is 380 g/mol. The number of benzene rings is 1. The predicted molar refractivity (Wildman–Crippen MR) is 113 cm³/mol. The zero-order chi connectivity index (χ0) is 21.3. The van der Waals surface area contributed by atoms with E-state index in [2.05, 4.69) is 20.8 Å². The Morgan fingerprint density at radius 3 is 2.50 bits per heavy atom. The molecule has 2 aromatic heterocycles. The molecule has 1 aromatic carbocycles. The standard InChI is InChI=1S/C22H26N6O2/c1-4-27-15(3)18(14(2)25-27)13-23-22(30)19-12-20(24-21(29)16-10-11-16)28(26-19)17-8-6-5-7-9-17/h5-9,12,16H,4,10-11,13H2,1-3H3,(H,23,30)(H,24,29). The molecule has 0 aliphatic heterocycles. The van der Waals surface area contributed by atoms with E-state index in [1.165, 1.54) is 0 Å². The Hall–Kier alpha value is -3.42. The van der Waals surface area contributed by atoms with Crippen LogP contribution in [0.1, 0.15) is 47.2 Å². The van der Waals surface area contributed by atoms with Crippen molar-refractivity contribution in [2.24, 2.45) is 5.92 Å². The maximum absolute atomic E-state index is 12.8.